The summed E-state index contributed by atoms with van der Waals surface area (Å²) in [4.78, 5) is 11.8. The van der Waals surface area contributed by atoms with Crippen molar-refractivity contribution in [2.45, 2.75) is 6.42 Å². The van der Waals surface area contributed by atoms with Gasteiger partial charge in [-0.3, -0.25) is 9.48 Å². The highest BCUT2D eigenvalue weighted by Crippen LogP contribution is 2.18. The van der Waals surface area contributed by atoms with Crippen LogP contribution in [0.2, 0.25) is 0 Å². The highest BCUT2D eigenvalue weighted by molar-refractivity contribution is 14.1. The molecule has 0 N–H and O–H groups in total. The minimum atomic E-state index is 0.132. The lowest BCUT2D eigenvalue weighted by molar-refractivity contribution is 0.0992. The van der Waals surface area contributed by atoms with Gasteiger partial charge in [-0.25, -0.2) is 0 Å². The van der Waals surface area contributed by atoms with E-state index in [1.165, 1.54) is 0 Å². The topological polar surface area (TPSA) is 34.9 Å². The van der Waals surface area contributed by atoms with Gasteiger partial charge in [0, 0.05) is 24.2 Å². The Morgan fingerprint density at radius 3 is 3.00 bits per heavy atom. The van der Waals surface area contributed by atoms with E-state index >= 15 is 0 Å². The molecule has 2 aromatic rings. The van der Waals surface area contributed by atoms with Gasteiger partial charge in [-0.05, 0) is 34.7 Å². The van der Waals surface area contributed by atoms with Crippen LogP contribution in [0.1, 0.15) is 16.1 Å². The Kier molecular flexibility index (Phi) is 3.20. The Labute approximate surface area is 105 Å². The summed E-state index contributed by atoms with van der Waals surface area (Å²) in [6, 6.07) is 3.78. The van der Waals surface area contributed by atoms with Crippen LogP contribution in [-0.2, 0) is 13.5 Å². The van der Waals surface area contributed by atoms with E-state index < -0.39 is 0 Å². The third-order valence-corrected chi connectivity index (χ3v) is 3.79. The first-order valence-corrected chi connectivity index (χ1v) is 6.37. The molecule has 0 aliphatic heterocycles. The van der Waals surface area contributed by atoms with Crippen LogP contribution >= 0.6 is 33.9 Å². The van der Waals surface area contributed by atoms with Crippen LogP contribution < -0.4 is 0 Å². The Bertz CT molecular complexity index is 489. The van der Waals surface area contributed by atoms with Crippen molar-refractivity contribution >= 4 is 39.7 Å². The molecule has 15 heavy (non-hydrogen) atoms. The largest absolute Gasteiger partial charge is 0.294 e. The minimum Gasteiger partial charge on any atom is -0.294 e. The fourth-order valence-corrected chi connectivity index (χ4v) is 2.63. The quantitative estimate of drug-likeness (QED) is 0.639. The molecule has 0 fully saturated rings. The van der Waals surface area contributed by atoms with Crippen molar-refractivity contribution in [3.8, 4) is 0 Å². The van der Waals surface area contributed by atoms with Crippen LogP contribution in [0.5, 0.6) is 0 Å². The van der Waals surface area contributed by atoms with Crippen molar-refractivity contribution in [3.05, 3.63) is 37.9 Å². The molecule has 0 spiro atoms. The van der Waals surface area contributed by atoms with Gasteiger partial charge in [0.1, 0.15) is 0 Å². The van der Waals surface area contributed by atoms with Crippen LogP contribution in [-0.4, -0.2) is 15.6 Å². The molecular formula is C10H9IN2OS. The van der Waals surface area contributed by atoms with Crippen molar-refractivity contribution in [2.24, 2.45) is 7.05 Å². The second-order valence-corrected chi connectivity index (χ2v) is 6.03. The first kappa shape index (κ1) is 10.8. The molecule has 0 atom stereocenters. The van der Waals surface area contributed by atoms with Gasteiger partial charge >= 0.3 is 0 Å². The van der Waals surface area contributed by atoms with Gasteiger partial charge < -0.3 is 0 Å². The second kappa shape index (κ2) is 4.44. The van der Waals surface area contributed by atoms with E-state index in [1.807, 2.05) is 30.8 Å². The summed E-state index contributed by atoms with van der Waals surface area (Å²) in [6.07, 6.45) is 2.23. The standard InChI is InChI=1S/C10H9IN2OS/c1-13-3-2-8(12-13)5-9(14)7-4-10(11)15-6-7/h2-4,6H,5H2,1H3. The lowest BCUT2D eigenvalue weighted by atomic mass is 10.1. The number of aryl methyl sites for hydroxylation is 1. The fraction of sp³-hybridized carbons (Fsp3) is 0.200. The van der Waals surface area contributed by atoms with Gasteiger partial charge in [0.15, 0.2) is 5.78 Å². The zero-order valence-electron chi connectivity index (χ0n) is 8.11. The van der Waals surface area contributed by atoms with Gasteiger partial charge in [0.25, 0.3) is 0 Å². The van der Waals surface area contributed by atoms with Crippen LogP contribution in [0, 0.1) is 2.88 Å². The van der Waals surface area contributed by atoms with Gasteiger partial charge in [-0.1, -0.05) is 0 Å². The number of aromatic nitrogens is 2. The van der Waals surface area contributed by atoms with Crippen molar-refractivity contribution in [3.63, 3.8) is 0 Å². The monoisotopic (exact) mass is 332 g/mol. The average Bonchev–Trinajstić information content (AvgIpc) is 2.75. The molecule has 0 saturated heterocycles. The van der Waals surface area contributed by atoms with Crippen LogP contribution in [0.25, 0.3) is 0 Å². The number of thiophene rings is 1. The lowest BCUT2D eigenvalue weighted by Crippen LogP contribution is -2.03. The van der Waals surface area contributed by atoms with E-state index in [9.17, 15) is 4.79 Å². The zero-order valence-corrected chi connectivity index (χ0v) is 11.1. The summed E-state index contributed by atoms with van der Waals surface area (Å²) in [5.41, 5.74) is 1.61. The SMILES string of the molecule is Cn1ccc(CC(=O)c2csc(I)c2)n1. The fourth-order valence-electron chi connectivity index (χ4n) is 1.28. The predicted molar refractivity (Wildman–Crippen MR) is 68.3 cm³/mol. The predicted octanol–water partition coefficient (Wildman–Crippen LogP) is 2.51. The Balaban J connectivity index is 2.10. The molecule has 2 heterocycles. The molecular weight excluding hydrogens is 323 g/mol. The maximum absolute atomic E-state index is 11.8. The van der Waals surface area contributed by atoms with E-state index in [0.717, 1.165) is 14.1 Å². The molecule has 0 amide bonds. The van der Waals surface area contributed by atoms with Crippen molar-refractivity contribution in [2.75, 3.05) is 0 Å². The van der Waals surface area contributed by atoms with Crippen LogP contribution in [0.15, 0.2) is 23.7 Å². The third-order valence-electron chi connectivity index (χ3n) is 2.00. The number of halogens is 1. The van der Waals surface area contributed by atoms with Crippen LogP contribution in [0.3, 0.4) is 0 Å². The Morgan fingerprint density at radius 2 is 2.47 bits per heavy atom. The van der Waals surface area contributed by atoms with E-state index in [-0.39, 0.29) is 5.78 Å². The van der Waals surface area contributed by atoms with Gasteiger partial charge in [-0.2, -0.15) is 5.10 Å². The number of rotatable bonds is 3. The molecule has 0 bridgehead atoms. The van der Waals surface area contributed by atoms with Gasteiger partial charge in [0.05, 0.1) is 15.0 Å². The Morgan fingerprint density at radius 1 is 1.67 bits per heavy atom. The number of hydrogen-bond donors (Lipinski definition) is 0. The molecule has 0 unspecified atom stereocenters. The summed E-state index contributed by atoms with van der Waals surface area (Å²) in [5, 5.41) is 6.08. The molecule has 5 heteroatoms. The number of carbonyl (C=O) groups is 1. The second-order valence-electron chi connectivity index (χ2n) is 3.22. The first-order chi connectivity index (χ1) is 7.15. The van der Waals surface area contributed by atoms with Crippen molar-refractivity contribution in [1.82, 2.24) is 9.78 Å². The Hall–Kier alpha value is -0.690. The summed E-state index contributed by atoms with van der Waals surface area (Å²) < 4.78 is 2.84. The van der Waals surface area contributed by atoms with Crippen molar-refractivity contribution in [1.29, 1.82) is 0 Å². The highest BCUT2D eigenvalue weighted by atomic mass is 127. The summed E-state index contributed by atoms with van der Waals surface area (Å²) in [7, 11) is 1.85. The van der Waals surface area contributed by atoms with E-state index in [0.29, 0.717) is 6.42 Å². The number of Topliss-reactive ketones (excluding diaryl/α,β-unsaturated/α-hetero) is 1. The van der Waals surface area contributed by atoms with Crippen LogP contribution in [0.4, 0.5) is 0 Å². The van der Waals surface area contributed by atoms with E-state index in [4.69, 9.17) is 0 Å². The highest BCUT2D eigenvalue weighted by Gasteiger charge is 2.10. The van der Waals surface area contributed by atoms with E-state index in [2.05, 4.69) is 27.7 Å². The maximum atomic E-state index is 11.8. The normalized spacial score (nSPS) is 10.5. The molecule has 0 radical (unpaired) electrons. The molecule has 78 valence electrons. The number of nitrogens with zero attached hydrogens (tertiary/aromatic N) is 2. The average molecular weight is 332 g/mol. The molecule has 0 saturated carbocycles. The number of hydrogen-bond acceptors (Lipinski definition) is 3. The van der Waals surface area contributed by atoms with Gasteiger partial charge in [0.2, 0.25) is 0 Å². The summed E-state index contributed by atoms with van der Waals surface area (Å²) in [6.45, 7) is 0. The summed E-state index contributed by atoms with van der Waals surface area (Å²) in [5.74, 6) is 0.132. The molecule has 2 aromatic heterocycles. The molecule has 0 aromatic carbocycles. The lowest BCUT2D eigenvalue weighted by Gasteiger charge is -1.93. The van der Waals surface area contributed by atoms with Gasteiger partial charge in [-0.15, -0.1) is 11.3 Å². The number of ketones is 1. The van der Waals surface area contributed by atoms with Crippen molar-refractivity contribution < 1.29 is 4.79 Å². The maximum Gasteiger partial charge on any atom is 0.169 e. The number of carbonyl (C=O) groups excluding carboxylic acids is 1. The molecule has 2 rings (SSSR count). The first-order valence-electron chi connectivity index (χ1n) is 4.41. The molecule has 0 aliphatic rings. The molecule has 0 aliphatic carbocycles. The minimum absolute atomic E-state index is 0.132. The molecule has 3 nitrogen and oxygen atoms in total. The third kappa shape index (κ3) is 2.66. The zero-order chi connectivity index (χ0) is 10.8. The van der Waals surface area contributed by atoms with E-state index in [1.54, 1.807) is 16.0 Å². The summed E-state index contributed by atoms with van der Waals surface area (Å²) >= 11 is 3.80. The smallest absolute Gasteiger partial charge is 0.169 e.